The Balaban J connectivity index is 1.34. The molecule has 3 heterocycles. The highest BCUT2D eigenvalue weighted by molar-refractivity contribution is 6.03. The van der Waals surface area contributed by atoms with Crippen LogP contribution in [0.1, 0.15) is 30.1 Å². The van der Waals surface area contributed by atoms with Crippen LogP contribution in [0.4, 0.5) is 17.3 Å². The Morgan fingerprint density at radius 3 is 2.17 bits per heavy atom. The fourth-order valence-electron chi connectivity index (χ4n) is 3.83. The van der Waals surface area contributed by atoms with Gasteiger partial charge in [0.25, 0.3) is 5.91 Å². The number of hydrogen-bond donors (Lipinski definition) is 1. The van der Waals surface area contributed by atoms with Gasteiger partial charge in [0.15, 0.2) is 0 Å². The third-order valence-electron chi connectivity index (χ3n) is 5.96. The van der Waals surface area contributed by atoms with Crippen LogP contribution in [-0.2, 0) is 0 Å². The van der Waals surface area contributed by atoms with Gasteiger partial charge in [0.05, 0.1) is 5.56 Å². The zero-order chi connectivity index (χ0) is 20.2. The Hall–Kier alpha value is -2.67. The molecule has 0 unspecified atom stereocenters. The summed E-state index contributed by atoms with van der Waals surface area (Å²) in [5, 5.41) is 2.94. The van der Waals surface area contributed by atoms with Crippen molar-refractivity contribution in [3.05, 3.63) is 42.2 Å². The summed E-state index contributed by atoms with van der Waals surface area (Å²) in [4.78, 5) is 28.2. The molecule has 7 heteroatoms. The summed E-state index contributed by atoms with van der Waals surface area (Å²) in [7, 11) is 2.12. The SMILES string of the molecule is CC1CCN(c2ccc(NC(=O)c3cnc(N4CCN(C)CC4)nc3)cc2)CC1. The molecule has 2 fully saturated rings. The molecule has 7 nitrogen and oxygen atoms in total. The van der Waals surface area contributed by atoms with Gasteiger partial charge in [-0.2, -0.15) is 0 Å². The van der Waals surface area contributed by atoms with E-state index in [2.05, 4.69) is 56.1 Å². The number of hydrogen-bond acceptors (Lipinski definition) is 6. The second-order valence-electron chi connectivity index (χ2n) is 8.23. The predicted molar refractivity (Wildman–Crippen MR) is 117 cm³/mol. The lowest BCUT2D eigenvalue weighted by molar-refractivity contribution is 0.102. The highest BCUT2D eigenvalue weighted by Crippen LogP contribution is 2.24. The monoisotopic (exact) mass is 394 g/mol. The van der Waals surface area contributed by atoms with Crippen LogP contribution in [0, 0.1) is 5.92 Å². The maximum Gasteiger partial charge on any atom is 0.258 e. The first kappa shape index (κ1) is 19.6. The summed E-state index contributed by atoms with van der Waals surface area (Å²) in [6.45, 7) is 8.33. The van der Waals surface area contributed by atoms with Crippen molar-refractivity contribution >= 4 is 23.2 Å². The minimum atomic E-state index is -0.186. The number of anilines is 3. The topological polar surface area (TPSA) is 64.6 Å². The van der Waals surface area contributed by atoms with Gasteiger partial charge in [0, 0.05) is 63.0 Å². The number of carbonyl (C=O) groups is 1. The molecule has 29 heavy (non-hydrogen) atoms. The fraction of sp³-hybridized carbons (Fsp3) is 0.500. The van der Waals surface area contributed by atoms with Crippen molar-refractivity contribution in [3.8, 4) is 0 Å². The summed E-state index contributed by atoms with van der Waals surface area (Å²) in [6.07, 6.45) is 5.70. The molecule has 2 aliphatic heterocycles. The van der Waals surface area contributed by atoms with Crippen LogP contribution in [0.15, 0.2) is 36.7 Å². The number of rotatable bonds is 4. The van der Waals surface area contributed by atoms with Crippen molar-refractivity contribution in [2.24, 2.45) is 5.92 Å². The molecule has 2 saturated heterocycles. The van der Waals surface area contributed by atoms with Gasteiger partial charge in [-0.3, -0.25) is 4.79 Å². The van der Waals surface area contributed by atoms with Gasteiger partial charge in [-0.15, -0.1) is 0 Å². The number of nitrogens with zero attached hydrogens (tertiary/aromatic N) is 5. The van der Waals surface area contributed by atoms with Crippen molar-refractivity contribution < 1.29 is 4.79 Å². The van der Waals surface area contributed by atoms with Crippen LogP contribution in [0.25, 0.3) is 0 Å². The molecule has 1 aromatic carbocycles. The van der Waals surface area contributed by atoms with Gasteiger partial charge < -0.3 is 20.0 Å². The van der Waals surface area contributed by atoms with Crippen molar-refractivity contribution in [1.29, 1.82) is 0 Å². The number of nitrogens with one attached hydrogen (secondary N) is 1. The van der Waals surface area contributed by atoms with Crippen molar-refractivity contribution in [2.75, 3.05) is 61.4 Å². The van der Waals surface area contributed by atoms with Crippen LogP contribution in [0.2, 0.25) is 0 Å². The minimum absolute atomic E-state index is 0.186. The van der Waals surface area contributed by atoms with Crippen molar-refractivity contribution in [3.63, 3.8) is 0 Å². The number of likely N-dealkylation sites (N-methyl/N-ethyl adjacent to an activating group) is 1. The van der Waals surface area contributed by atoms with Gasteiger partial charge in [0.1, 0.15) is 0 Å². The maximum absolute atomic E-state index is 12.5. The van der Waals surface area contributed by atoms with Crippen LogP contribution < -0.4 is 15.1 Å². The number of piperazine rings is 1. The molecule has 4 rings (SSSR count). The van der Waals surface area contributed by atoms with E-state index in [9.17, 15) is 4.79 Å². The van der Waals surface area contributed by atoms with Crippen LogP contribution >= 0.6 is 0 Å². The fourth-order valence-corrected chi connectivity index (χ4v) is 3.83. The van der Waals surface area contributed by atoms with E-state index in [1.807, 2.05) is 12.1 Å². The zero-order valence-electron chi connectivity index (χ0n) is 17.3. The molecule has 0 aliphatic carbocycles. The molecule has 0 bridgehead atoms. The van der Waals surface area contributed by atoms with Crippen LogP contribution in [0.5, 0.6) is 0 Å². The third kappa shape index (κ3) is 4.85. The predicted octanol–water partition coefficient (Wildman–Crippen LogP) is 2.72. The molecule has 0 radical (unpaired) electrons. The maximum atomic E-state index is 12.5. The highest BCUT2D eigenvalue weighted by atomic mass is 16.1. The van der Waals surface area contributed by atoms with Crippen molar-refractivity contribution in [2.45, 2.75) is 19.8 Å². The smallest absolute Gasteiger partial charge is 0.258 e. The Morgan fingerprint density at radius 1 is 0.931 bits per heavy atom. The van der Waals surface area contributed by atoms with Crippen molar-refractivity contribution in [1.82, 2.24) is 14.9 Å². The molecular formula is C22H30N6O. The van der Waals surface area contributed by atoms with E-state index >= 15 is 0 Å². The van der Waals surface area contributed by atoms with Gasteiger partial charge >= 0.3 is 0 Å². The third-order valence-corrected chi connectivity index (χ3v) is 5.96. The lowest BCUT2D eigenvalue weighted by atomic mass is 9.99. The van der Waals surface area contributed by atoms with Crippen LogP contribution in [-0.4, -0.2) is 67.1 Å². The lowest BCUT2D eigenvalue weighted by Gasteiger charge is -2.32. The first-order valence-corrected chi connectivity index (χ1v) is 10.5. The molecule has 0 atom stereocenters. The summed E-state index contributed by atoms with van der Waals surface area (Å²) in [6, 6.07) is 8.09. The summed E-state index contributed by atoms with van der Waals surface area (Å²) in [5.74, 6) is 1.32. The molecule has 0 spiro atoms. The molecule has 2 aromatic rings. The first-order valence-electron chi connectivity index (χ1n) is 10.5. The van der Waals surface area contributed by atoms with Crippen LogP contribution in [0.3, 0.4) is 0 Å². The average molecular weight is 395 g/mol. The molecule has 0 saturated carbocycles. The average Bonchev–Trinajstić information content (AvgIpc) is 2.76. The Bertz CT molecular complexity index is 806. The Morgan fingerprint density at radius 2 is 1.55 bits per heavy atom. The standard InChI is InChI=1S/C22H30N6O/c1-17-7-9-27(10-8-17)20-5-3-19(4-6-20)25-21(29)18-15-23-22(24-16-18)28-13-11-26(2)12-14-28/h3-6,15-17H,7-14H2,1-2H3,(H,25,29). The molecule has 1 aromatic heterocycles. The molecule has 2 aliphatic rings. The number of piperidine rings is 1. The number of carbonyl (C=O) groups excluding carboxylic acids is 1. The lowest BCUT2D eigenvalue weighted by Crippen LogP contribution is -2.45. The first-order chi connectivity index (χ1) is 14.1. The number of benzene rings is 1. The van der Waals surface area contributed by atoms with E-state index in [4.69, 9.17) is 0 Å². The van der Waals surface area contributed by atoms with Gasteiger partial charge in [-0.1, -0.05) is 6.92 Å². The second kappa shape index (κ2) is 8.78. The summed E-state index contributed by atoms with van der Waals surface area (Å²) >= 11 is 0. The van der Waals surface area contributed by atoms with Gasteiger partial charge in [0.2, 0.25) is 5.95 Å². The normalized spacial score (nSPS) is 18.7. The summed E-state index contributed by atoms with van der Waals surface area (Å²) in [5.41, 5.74) is 2.47. The van der Waals surface area contributed by atoms with E-state index in [0.717, 1.165) is 50.9 Å². The quantitative estimate of drug-likeness (QED) is 0.860. The summed E-state index contributed by atoms with van der Waals surface area (Å²) < 4.78 is 0. The van der Waals surface area contributed by atoms with E-state index in [1.54, 1.807) is 12.4 Å². The Kier molecular flexibility index (Phi) is 5.94. The molecular weight excluding hydrogens is 364 g/mol. The molecule has 154 valence electrons. The number of aromatic nitrogens is 2. The van der Waals surface area contributed by atoms with Gasteiger partial charge in [-0.05, 0) is 50.1 Å². The highest BCUT2D eigenvalue weighted by Gasteiger charge is 2.18. The molecule has 1 N–H and O–H groups in total. The van der Waals surface area contributed by atoms with E-state index < -0.39 is 0 Å². The molecule has 1 amide bonds. The zero-order valence-corrected chi connectivity index (χ0v) is 17.3. The minimum Gasteiger partial charge on any atom is -0.372 e. The Labute approximate surface area is 172 Å². The largest absolute Gasteiger partial charge is 0.372 e. The number of amides is 1. The van der Waals surface area contributed by atoms with E-state index in [-0.39, 0.29) is 5.91 Å². The van der Waals surface area contributed by atoms with Gasteiger partial charge in [-0.25, -0.2) is 9.97 Å². The second-order valence-corrected chi connectivity index (χ2v) is 8.23. The van der Waals surface area contributed by atoms with E-state index in [0.29, 0.717) is 11.5 Å². The van der Waals surface area contributed by atoms with E-state index in [1.165, 1.54) is 18.5 Å².